The second-order valence-corrected chi connectivity index (χ2v) is 8.34. The Kier molecular flexibility index (Phi) is 6.40. The van der Waals surface area contributed by atoms with Gasteiger partial charge in [-0.15, -0.1) is 0 Å². The number of nitrogens with one attached hydrogen (secondary N) is 1. The molecular weight excluding hydrogens is 442 g/mol. The van der Waals surface area contributed by atoms with Crippen molar-refractivity contribution in [3.8, 4) is 0 Å². The summed E-state index contributed by atoms with van der Waals surface area (Å²) in [6.45, 7) is 1.33. The first-order chi connectivity index (χ1) is 16.3. The molecule has 4 rings (SSSR count). The minimum absolute atomic E-state index is 0.0233. The lowest BCUT2D eigenvalue weighted by atomic mass is 9.94. The van der Waals surface area contributed by atoms with Crippen LogP contribution in [0, 0.1) is 10.1 Å². The van der Waals surface area contributed by atoms with E-state index in [1.165, 1.54) is 54.3 Å². The van der Waals surface area contributed by atoms with E-state index in [1.54, 1.807) is 0 Å². The summed E-state index contributed by atoms with van der Waals surface area (Å²) < 4.78 is 5.21. The first-order valence-electron chi connectivity index (χ1n) is 11.0. The number of carbonyl (C=O) groups is 4. The van der Waals surface area contributed by atoms with E-state index in [-0.39, 0.29) is 40.0 Å². The van der Waals surface area contributed by atoms with E-state index < -0.39 is 28.8 Å². The van der Waals surface area contributed by atoms with Gasteiger partial charge in [0.2, 0.25) is 0 Å². The van der Waals surface area contributed by atoms with Gasteiger partial charge < -0.3 is 10.1 Å². The van der Waals surface area contributed by atoms with Crippen molar-refractivity contribution in [2.75, 3.05) is 5.32 Å². The third kappa shape index (κ3) is 4.39. The zero-order chi connectivity index (χ0) is 24.4. The van der Waals surface area contributed by atoms with Gasteiger partial charge in [0.1, 0.15) is 5.69 Å². The Morgan fingerprint density at radius 1 is 1.06 bits per heavy atom. The highest BCUT2D eigenvalue weighted by atomic mass is 16.6. The van der Waals surface area contributed by atoms with Crippen molar-refractivity contribution in [2.45, 2.75) is 51.2 Å². The lowest BCUT2D eigenvalue weighted by molar-refractivity contribution is -0.383. The van der Waals surface area contributed by atoms with E-state index in [0.29, 0.717) is 0 Å². The largest absolute Gasteiger partial charge is 0.449 e. The third-order valence-electron chi connectivity index (χ3n) is 6.11. The quantitative estimate of drug-likeness (QED) is 0.297. The third-order valence-corrected chi connectivity index (χ3v) is 6.11. The summed E-state index contributed by atoms with van der Waals surface area (Å²) in [5.74, 6) is -2.39. The van der Waals surface area contributed by atoms with Crippen molar-refractivity contribution in [3.05, 3.63) is 69.3 Å². The minimum atomic E-state index is -1.27. The van der Waals surface area contributed by atoms with Gasteiger partial charge in [-0.25, -0.2) is 4.79 Å². The second-order valence-electron chi connectivity index (χ2n) is 8.34. The van der Waals surface area contributed by atoms with Crippen LogP contribution in [-0.2, 0) is 9.53 Å². The fourth-order valence-corrected chi connectivity index (χ4v) is 4.31. The molecule has 10 nitrogen and oxygen atoms in total. The van der Waals surface area contributed by atoms with Gasteiger partial charge in [-0.1, -0.05) is 31.4 Å². The Bertz CT molecular complexity index is 1190. The molecule has 1 unspecified atom stereocenters. The molecule has 1 fully saturated rings. The molecule has 0 radical (unpaired) electrons. The minimum Gasteiger partial charge on any atom is -0.449 e. The first kappa shape index (κ1) is 23.1. The van der Waals surface area contributed by atoms with Crippen LogP contribution in [-0.4, -0.2) is 45.7 Å². The van der Waals surface area contributed by atoms with E-state index in [0.717, 1.165) is 32.1 Å². The number of amides is 3. The number of nitro benzene ring substituents is 1. The molecule has 2 aromatic carbocycles. The number of hydrogen-bond donors (Lipinski definition) is 1. The molecule has 0 aromatic heterocycles. The van der Waals surface area contributed by atoms with Crippen molar-refractivity contribution in [1.82, 2.24) is 4.90 Å². The van der Waals surface area contributed by atoms with Gasteiger partial charge >= 0.3 is 5.97 Å². The van der Waals surface area contributed by atoms with Crippen LogP contribution in [0.2, 0.25) is 0 Å². The summed E-state index contributed by atoms with van der Waals surface area (Å²) in [6.07, 6.45) is 3.28. The number of para-hydroxylation sites is 2. The van der Waals surface area contributed by atoms with Crippen LogP contribution >= 0.6 is 0 Å². The van der Waals surface area contributed by atoms with Crippen LogP contribution in [0.5, 0.6) is 0 Å². The summed E-state index contributed by atoms with van der Waals surface area (Å²) in [5.41, 5.74) is 0.0932. The van der Waals surface area contributed by atoms with Gasteiger partial charge in [-0.3, -0.25) is 29.4 Å². The number of hydrogen-bond acceptors (Lipinski definition) is 7. The van der Waals surface area contributed by atoms with Crippen LogP contribution < -0.4 is 5.32 Å². The zero-order valence-corrected chi connectivity index (χ0v) is 18.5. The number of nitrogens with zero attached hydrogens (tertiary/aromatic N) is 2. The van der Waals surface area contributed by atoms with Crippen molar-refractivity contribution >= 4 is 35.1 Å². The van der Waals surface area contributed by atoms with Crippen LogP contribution in [0.1, 0.15) is 70.1 Å². The predicted molar refractivity (Wildman–Crippen MR) is 120 cm³/mol. The Labute approximate surface area is 195 Å². The van der Waals surface area contributed by atoms with E-state index in [1.807, 2.05) is 0 Å². The highest BCUT2D eigenvalue weighted by molar-refractivity contribution is 6.22. The predicted octanol–water partition coefficient (Wildman–Crippen LogP) is 3.71. The zero-order valence-electron chi connectivity index (χ0n) is 18.5. The Morgan fingerprint density at radius 3 is 2.44 bits per heavy atom. The number of anilines is 1. The first-order valence-corrected chi connectivity index (χ1v) is 11.0. The average molecular weight is 465 g/mol. The van der Waals surface area contributed by atoms with Crippen molar-refractivity contribution in [2.24, 2.45) is 0 Å². The molecule has 0 bridgehead atoms. The van der Waals surface area contributed by atoms with Gasteiger partial charge in [0.25, 0.3) is 23.4 Å². The maximum absolute atomic E-state index is 12.9. The summed E-state index contributed by atoms with van der Waals surface area (Å²) in [5, 5.41) is 13.5. The Balaban J connectivity index is 1.45. The average Bonchev–Trinajstić information content (AvgIpc) is 3.09. The molecule has 0 spiro atoms. The molecule has 1 atom stereocenters. The SMILES string of the molecule is CC(OC(=O)c1ccc2c(c1)C(=O)N(C1CCCCC1)C2=O)C(=O)Nc1ccccc1[N+](=O)[O-]. The topological polar surface area (TPSA) is 136 Å². The maximum atomic E-state index is 12.9. The van der Waals surface area contributed by atoms with Gasteiger partial charge in [0, 0.05) is 12.1 Å². The molecule has 1 aliphatic carbocycles. The summed E-state index contributed by atoms with van der Waals surface area (Å²) in [4.78, 5) is 62.6. The maximum Gasteiger partial charge on any atom is 0.338 e. The lowest BCUT2D eigenvalue weighted by Crippen LogP contribution is -2.40. The summed E-state index contributed by atoms with van der Waals surface area (Å²) in [6, 6.07) is 9.58. The molecule has 34 heavy (non-hydrogen) atoms. The van der Waals surface area contributed by atoms with Crippen LogP contribution in [0.3, 0.4) is 0 Å². The highest BCUT2D eigenvalue weighted by Gasteiger charge is 2.40. The number of esters is 1. The van der Waals surface area contributed by atoms with Crippen LogP contribution in [0.15, 0.2) is 42.5 Å². The molecular formula is C24H23N3O7. The van der Waals surface area contributed by atoms with Gasteiger partial charge in [0.15, 0.2) is 6.10 Å². The van der Waals surface area contributed by atoms with E-state index in [2.05, 4.69) is 5.32 Å². The molecule has 176 valence electrons. The van der Waals surface area contributed by atoms with E-state index in [9.17, 15) is 29.3 Å². The Hall–Kier alpha value is -4.08. The van der Waals surface area contributed by atoms with Crippen LogP contribution in [0.4, 0.5) is 11.4 Å². The number of ether oxygens (including phenoxy) is 1. The number of fused-ring (bicyclic) bond motifs is 1. The van der Waals surface area contributed by atoms with Crippen molar-refractivity contribution < 1.29 is 28.8 Å². The molecule has 1 saturated carbocycles. The van der Waals surface area contributed by atoms with Gasteiger partial charge in [0.05, 0.1) is 21.6 Å². The smallest absolute Gasteiger partial charge is 0.338 e. The number of rotatable bonds is 6. The number of imide groups is 1. The molecule has 2 aliphatic rings. The van der Waals surface area contributed by atoms with Gasteiger partial charge in [-0.2, -0.15) is 0 Å². The van der Waals surface area contributed by atoms with Crippen LogP contribution in [0.25, 0.3) is 0 Å². The number of nitro groups is 1. The fraction of sp³-hybridized carbons (Fsp3) is 0.333. The summed E-state index contributed by atoms with van der Waals surface area (Å²) >= 11 is 0. The molecule has 1 N–H and O–H groups in total. The number of benzene rings is 2. The van der Waals surface area contributed by atoms with Gasteiger partial charge in [-0.05, 0) is 44.0 Å². The molecule has 0 saturated heterocycles. The van der Waals surface area contributed by atoms with Crippen molar-refractivity contribution in [3.63, 3.8) is 0 Å². The molecule has 1 heterocycles. The Morgan fingerprint density at radius 2 is 1.74 bits per heavy atom. The summed E-state index contributed by atoms with van der Waals surface area (Å²) in [7, 11) is 0. The standard InChI is InChI=1S/C24H23N3O7/c1-14(21(28)25-19-9-5-6-10-20(19)27(32)33)34-24(31)15-11-12-17-18(13-15)23(30)26(22(17)29)16-7-3-2-4-8-16/h5-6,9-14,16H,2-4,7-8H2,1H3,(H,25,28). The highest BCUT2D eigenvalue weighted by Crippen LogP contribution is 2.31. The normalized spacial score (nSPS) is 16.7. The molecule has 1 aliphatic heterocycles. The molecule has 3 amide bonds. The monoisotopic (exact) mass is 465 g/mol. The molecule has 10 heteroatoms. The lowest BCUT2D eigenvalue weighted by Gasteiger charge is -2.29. The fourth-order valence-electron chi connectivity index (χ4n) is 4.31. The van der Waals surface area contributed by atoms with Crippen molar-refractivity contribution in [1.29, 1.82) is 0 Å². The second kappa shape index (κ2) is 9.42. The van der Waals surface area contributed by atoms with E-state index in [4.69, 9.17) is 4.74 Å². The number of carbonyl (C=O) groups excluding carboxylic acids is 4. The molecule has 2 aromatic rings. The van der Waals surface area contributed by atoms with E-state index >= 15 is 0 Å².